The molecule has 6 nitrogen and oxygen atoms in total. The van der Waals surface area contributed by atoms with Gasteiger partial charge >= 0.3 is 5.97 Å². The van der Waals surface area contributed by atoms with Gasteiger partial charge in [-0.3, -0.25) is 9.79 Å². The van der Waals surface area contributed by atoms with Crippen molar-refractivity contribution in [3.63, 3.8) is 0 Å². The number of hydrogen-bond donors (Lipinski definition) is 2. The van der Waals surface area contributed by atoms with Gasteiger partial charge in [0, 0.05) is 20.7 Å². The monoisotopic (exact) mass is 245 g/mol. The van der Waals surface area contributed by atoms with Gasteiger partial charge in [0.25, 0.3) is 0 Å². The zero-order chi connectivity index (χ0) is 13.3. The summed E-state index contributed by atoms with van der Waals surface area (Å²) in [5.41, 5.74) is -0.467. The second-order valence-electron chi connectivity index (χ2n) is 4.43. The van der Waals surface area contributed by atoms with Crippen LogP contribution in [0.4, 0.5) is 0 Å². The molecule has 0 fully saturated rings. The number of methoxy groups -OCH3 is 1. The second kappa shape index (κ2) is 7.89. The first-order valence-corrected chi connectivity index (χ1v) is 5.54. The molecule has 0 rings (SSSR count). The standard InChI is InChI=1S/C11H23N3O3/c1-11(2,3)17-9(15)8-14-10(12-4)13-6-7-16-5/h6-8H2,1-5H3,(H2,12,13,14). The summed E-state index contributed by atoms with van der Waals surface area (Å²) in [4.78, 5) is 15.4. The number of aliphatic imine (C=N–C) groups is 1. The Morgan fingerprint density at radius 3 is 2.41 bits per heavy atom. The first-order valence-electron chi connectivity index (χ1n) is 5.54. The summed E-state index contributed by atoms with van der Waals surface area (Å²) >= 11 is 0. The number of nitrogens with zero attached hydrogens (tertiary/aromatic N) is 1. The Balaban J connectivity index is 3.87. The predicted molar refractivity (Wildman–Crippen MR) is 67.1 cm³/mol. The van der Waals surface area contributed by atoms with Crippen molar-refractivity contribution in [3.05, 3.63) is 0 Å². The Hall–Kier alpha value is -1.30. The SMILES string of the molecule is CN=C(NCCOC)NCC(=O)OC(C)(C)C. The summed E-state index contributed by atoms with van der Waals surface area (Å²) in [6.07, 6.45) is 0. The summed E-state index contributed by atoms with van der Waals surface area (Å²) in [5, 5.41) is 5.85. The van der Waals surface area contributed by atoms with E-state index < -0.39 is 5.60 Å². The maximum Gasteiger partial charge on any atom is 0.325 e. The average Bonchev–Trinajstić information content (AvgIpc) is 2.20. The smallest absolute Gasteiger partial charge is 0.325 e. The van der Waals surface area contributed by atoms with E-state index in [-0.39, 0.29) is 12.5 Å². The van der Waals surface area contributed by atoms with Crippen LogP contribution in [0.1, 0.15) is 20.8 Å². The minimum atomic E-state index is -0.467. The van der Waals surface area contributed by atoms with Crippen molar-refractivity contribution in [3.8, 4) is 0 Å². The summed E-state index contributed by atoms with van der Waals surface area (Å²) in [7, 11) is 3.26. The van der Waals surface area contributed by atoms with Gasteiger partial charge in [-0.05, 0) is 20.8 Å². The summed E-state index contributed by atoms with van der Waals surface area (Å²) < 4.78 is 10.0. The fraction of sp³-hybridized carbons (Fsp3) is 0.818. The first-order chi connectivity index (χ1) is 7.89. The Labute approximate surface area is 103 Å². The van der Waals surface area contributed by atoms with E-state index in [1.54, 1.807) is 14.2 Å². The quantitative estimate of drug-likeness (QED) is 0.312. The van der Waals surface area contributed by atoms with Crippen molar-refractivity contribution in [2.24, 2.45) is 4.99 Å². The number of ether oxygens (including phenoxy) is 2. The molecular weight excluding hydrogens is 222 g/mol. The summed E-state index contributed by atoms with van der Waals surface area (Å²) in [6, 6.07) is 0. The maximum absolute atomic E-state index is 11.4. The molecule has 0 aliphatic rings. The fourth-order valence-electron chi connectivity index (χ4n) is 1.03. The first kappa shape index (κ1) is 15.7. The van der Waals surface area contributed by atoms with Crippen molar-refractivity contribution in [2.45, 2.75) is 26.4 Å². The molecule has 100 valence electrons. The molecule has 0 aliphatic heterocycles. The van der Waals surface area contributed by atoms with Crippen LogP contribution in [0, 0.1) is 0 Å². The van der Waals surface area contributed by atoms with E-state index in [0.717, 1.165) is 0 Å². The molecule has 0 aromatic carbocycles. The minimum absolute atomic E-state index is 0.0872. The highest BCUT2D eigenvalue weighted by atomic mass is 16.6. The van der Waals surface area contributed by atoms with Gasteiger partial charge in [0.1, 0.15) is 12.1 Å². The van der Waals surface area contributed by atoms with Crippen LogP contribution in [-0.2, 0) is 14.3 Å². The van der Waals surface area contributed by atoms with Crippen LogP contribution in [0.3, 0.4) is 0 Å². The number of carbonyl (C=O) groups is 1. The largest absolute Gasteiger partial charge is 0.459 e. The molecule has 0 bridgehead atoms. The summed E-state index contributed by atoms with van der Waals surface area (Å²) in [6.45, 7) is 6.78. The lowest BCUT2D eigenvalue weighted by Gasteiger charge is -2.20. The van der Waals surface area contributed by atoms with Crippen LogP contribution in [0.25, 0.3) is 0 Å². The van der Waals surface area contributed by atoms with Crippen molar-refractivity contribution in [1.29, 1.82) is 0 Å². The van der Waals surface area contributed by atoms with Gasteiger partial charge in [0.15, 0.2) is 5.96 Å². The van der Waals surface area contributed by atoms with Gasteiger partial charge in [-0.15, -0.1) is 0 Å². The van der Waals surface area contributed by atoms with Crippen LogP contribution in [-0.4, -0.2) is 51.4 Å². The normalized spacial score (nSPS) is 12.2. The highest BCUT2D eigenvalue weighted by Crippen LogP contribution is 2.05. The number of nitrogens with one attached hydrogen (secondary N) is 2. The summed E-state index contributed by atoms with van der Waals surface area (Å²) in [5.74, 6) is 0.236. The number of rotatable bonds is 5. The molecule has 0 aromatic rings. The van der Waals surface area contributed by atoms with Gasteiger partial charge in [0.05, 0.1) is 6.61 Å². The Morgan fingerprint density at radius 2 is 1.94 bits per heavy atom. The van der Waals surface area contributed by atoms with Gasteiger partial charge in [0.2, 0.25) is 0 Å². The van der Waals surface area contributed by atoms with Gasteiger partial charge in [-0.1, -0.05) is 0 Å². The van der Waals surface area contributed by atoms with Gasteiger partial charge in [-0.2, -0.15) is 0 Å². The minimum Gasteiger partial charge on any atom is -0.459 e. The van der Waals surface area contributed by atoms with E-state index in [4.69, 9.17) is 9.47 Å². The van der Waals surface area contributed by atoms with E-state index in [1.807, 2.05) is 20.8 Å². The second-order valence-corrected chi connectivity index (χ2v) is 4.43. The molecule has 0 aliphatic carbocycles. The van der Waals surface area contributed by atoms with E-state index in [2.05, 4.69) is 15.6 Å². The zero-order valence-electron chi connectivity index (χ0n) is 11.3. The number of esters is 1. The highest BCUT2D eigenvalue weighted by molar-refractivity contribution is 5.84. The number of hydrogen-bond acceptors (Lipinski definition) is 4. The third kappa shape index (κ3) is 9.62. The molecule has 0 amide bonds. The molecule has 0 atom stereocenters. The number of guanidine groups is 1. The van der Waals surface area contributed by atoms with Gasteiger partial charge < -0.3 is 20.1 Å². The topological polar surface area (TPSA) is 72.0 Å². The lowest BCUT2D eigenvalue weighted by Crippen LogP contribution is -2.42. The van der Waals surface area contributed by atoms with E-state index in [0.29, 0.717) is 19.1 Å². The van der Waals surface area contributed by atoms with Crippen LogP contribution in [0.5, 0.6) is 0 Å². The average molecular weight is 245 g/mol. The molecule has 2 N–H and O–H groups in total. The molecular formula is C11H23N3O3. The van der Waals surface area contributed by atoms with Crippen molar-refractivity contribution >= 4 is 11.9 Å². The van der Waals surface area contributed by atoms with Crippen LogP contribution < -0.4 is 10.6 Å². The molecule has 0 saturated heterocycles. The molecule has 6 heteroatoms. The molecule has 0 spiro atoms. The van der Waals surface area contributed by atoms with Crippen LogP contribution in [0.15, 0.2) is 4.99 Å². The molecule has 0 saturated carbocycles. The van der Waals surface area contributed by atoms with Crippen molar-refractivity contribution in [1.82, 2.24) is 10.6 Å². The third-order valence-corrected chi connectivity index (χ3v) is 1.64. The predicted octanol–water partition coefficient (Wildman–Crippen LogP) is 0.140. The van der Waals surface area contributed by atoms with Gasteiger partial charge in [-0.25, -0.2) is 0 Å². The number of carbonyl (C=O) groups excluding carboxylic acids is 1. The molecule has 0 radical (unpaired) electrons. The lowest BCUT2D eigenvalue weighted by molar-refractivity contribution is -0.153. The van der Waals surface area contributed by atoms with Crippen LogP contribution >= 0.6 is 0 Å². The van der Waals surface area contributed by atoms with E-state index >= 15 is 0 Å². The molecule has 0 unspecified atom stereocenters. The van der Waals surface area contributed by atoms with E-state index in [9.17, 15) is 4.79 Å². The fourth-order valence-corrected chi connectivity index (χ4v) is 1.03. The Kier molecular flexibility index (Phi) is 7.29. The maximum atomic E-state index is 11.4. The van der Waals surface area contributed by atoms with Crippen molar-refractivity contribution < 1.29 is 14.3 Å². The highest BCUT2D eigenvalue weighted by Gasteiger charge is 2.16. The lowest BCUT2D eigenvalue weighted by atomic mass is 10.2. The van der Waals surface area contributed by atoms with E-state index in [1.165, 1.54) is 0 Å². The van der Waals surface area contributed by atoms with Crippen molar-refractivity contribution in [2.75, 3.05) is 33.9 Å². The Morgan fingerprint density at radius 1 is 1.29 bits per heavy atom. The van der Waals surface area contributed by atoms with Crippen LogP contribution in [0.2, 0.25) is 0 Å². The Bertz CT molecular complexity index is 259. The third-order valence-electron chi connectivity index (χ3n) is 1.64. The molecule has 17 heavy (non-hydrogen) atoms. The molecule has 0 heterocycles. The molecule has 0 aromatic heterocycles. The zero-order valence-corrected chi connectivity index (χ0v) is 11.3.